The van der Waals surface area contributed by atoms with Gasteiger partial charge in [-0.05, 0) is 0 Å². The molecular weight excluding hydrogens is 188 g/mol. The van der Waals surface area contributed by atoms with Gasteiger partial charge in [-0.2, -0.15) is 0 Å². The highest BCUT2D eigenvalue weighted by Gasteiger charge is 2.10. The number of nitrogens with zero attached hydrogens (tertiary/aromatic N) is 3. The molecule has 0 spiro atoms. The Hall–Kier alpha value is -0.650. The van der Waals surface area contributed by atoms with E-state index in [1.807, 2.05) is 0 Å². The Morgan fingerprint density at radius 1 is 1.89 bits per heavy atom. The summed E-state index contributed by atoms with van der Waals surface area (Å²) in [6, 6.07) is 0. The van der Waals surface area contributed by atoms with Gasteiger partial charge in [-0.3, -0.25) is 0 Å². The van der Waals surface area contributed by atoms with E-state index in [0.29, 0.717) is 12.5 Å². The highest BCUT2D eigenvalue weighted by Crippen LogP contribution is 2.00. The molecule has 1 aliphatic rings. The predicted octanol–water partition coefficient (Wildman–Crippen LogP) is 0.239. The van der Waals surface area contributed by atoms with E-state index in [9.17, 15) is 4.91 Å². The molecule has 0 amide bonds. The molecule has 0 aromatic heterocycles. The number of hydrogen-bond acceptors (Lipinski definition) is 4. The van der Waals surface area contributed by atoms with E-state index < -0.39 is 0 Å². The van der Waals surface area contributed by atoms with Gasteiger partial charge in [0.1, 0.15) is 0 Å². The van der Waals surface area contributed by atoms with Crippen molar-refractivity contribution in [3.63, 3.8) is 0 Å². The first-order valence-electron chi connectivity index (χ1n) is 2.42. The molecule has 0 atom stereocenters. The normalized spacial score (nSPS) is 16.3. The van der Waals surface area contributed by atoms with E-state index in [1.165, 1.54) is 0 Å². The molecule has 0 fully saturated rings. The standard InChI is InChI=1S/C3H5BrN4O/c4-8(7-9)3-5-1-2-6-3/h1-2H2,(H,5,6). The van der Waals surface area contributed by atoms with Crippen LogP contribution in [0.4, 0.5) is 0 Å². The van der Waals surface area contributed by atoms with Crippen LogP contribution < -0.4 is 5.32 Å². The van der Waals surface area contributed by atoms with Gasteiger partial charge < -0.3 is 5.32 Å². The van der Waals surface area contributed by atoms with Gasteiger partial charge >= 0.3 is 0 Å². The Labute approximate surface area is 60.4 Å². The van der Waals surface area contributed by atoms with Crippen molar-refractivity contribution in [1.29, 1.82) is 0 Å². The summed E-state index contributed by atoms with van der Waals surface area (Å²) in [5.41, 5.74) is 0. The number of nitrogens with one attached hydrogen (secondary N) is 1. The molecule has 5 nitrogen and oxygen atoms in total. The molecule has 1 aliphatic heterocycles. The molecule has 0 aromatic carbocycles. The second kappa shape index (κ2) is 2.77. The molecule has 1 rings (SSSR count). The van der Waals surface area contributed by atoms with E-state index in [4.69, 9.17) is 0 Å². The van der Waals surface area contributed by atoms with Gasteiger partial charge in [0, 0.05) is 6.54 Å². The van der Waals surface area contributed by atoms with Gasteiger partial charge in [-0.1, -0.05) is 0 Å². The first kappa shape index (κ1) is 6.47. The van der Waals surface area contributed by atoms with Gasteiger partial charge in [0.05, 0.1) is 28.0 Å². The second-order valence-electron chi connectivity index (χ2n) is 1.47. The third-order valence-corrected chi connectivity index (χ3v) is 1.37. The second-order valence-corrected chi connectivity index (χ2v) is 2.15. The maximum absolute atomic E-state index is 9.80. The molecule has 0 aromatic rings. The lowest BCUT2D eigenvalue weighted by Gasteiger charge is -2.03. The first-order chi connectivity index (χ1) is 4.34. The van der Waals surface area contributed by atoms with Crippen molar-refractivity contribution >= 4 is 22.1 Å². The van der Waals surface area contributed by atoms with Gasteiger partial charge in [-0.25, -0.2) is 4.99 Å². The van der Waals surface area contributed by atoms with Crippen LogP contribution in [0.5, 0.6) is 0 Å². The highest BCUT2D eigenvalue weighted by atomic mass is 79.9. The summed E-state index contributed by atoms with van der Waals surface area (Å²) in [6.45, 7) is 1.47. The Kier molecular flexibility index (Phi) is 1.99. The number of hydrogen-bond donors (Lipinski definition) is 1. The molecule has 6 heteroatoms. The van der Waals surface area contributed by atoms with Crippen molar-refractivity contribution in [2.24, 2.45) is 10.3 Å². The van der Waals surface area contributed by atoms with Crippen molar-refractivity contribution in [2.45, 2.75) is 0 Å². The fourth-order valence-corrected chi connectivity index (χ4v) is 0.785. The summed E-state index contributed by atoms with van der Waals surface area (Å²) < 4.78 is 0.986. The Balaban J connectivity index is 2.50. The van der Waals surface area contributed by atoms with Crippen LogP contribution in [0.2, 0.25) is 0 Å². The van der Waals surface area contributed by atoms with Crippen molar-refractivity contribution in [2.75, 3.05) is 13.1 Å². The van der Waals surface area contributed by atoms with E-state index >= 15 is 0 Å². The summed E-state index contributed by atoms with van der Waals surface area (Å²) in [4.78, 5) is 13.7. The summed E-state index contributed by atoms with van der Waals surface area (Å²) in [5.74, 6) is 0.477. The van der Waals surface area contributed by atoms with E-state index in [0.717, 1.165) is 10.6 Å². The minimum absolute atomic E-state index is 0.477. The molecule has 0 unspecified atom stereocenters. The summed E-state index contributed by atoms with van der Waals surface area (Å²) in [7, 11) is 0. The van der Waals surface area contributed by atoms with Gasteiger partial charge in [-0.15, -0.1) is 8.94 Å². The van der Waals surface area contributed by atoms with Crippen molar-refractivity contribution < 1.29 is 0 Å². The Morgan fingerprint density at radius 2 is 2.67 bits per heavy atom. The van der Waals surface area contributed by atoms with Crippen molar-refractivity contribution in [3.05, 3.63) is 4.91 Å². The third-order valence-electron chi connectivity index (χ3n) is 0.903. The zero-order valence-corrected chi connectivity index (χ0v) is 6.13. The summed E-state index contributed by atoms with van der Waals surface area (Å²) in [5, 5.41) is 5.42. The van der Waals surface area contributed by atoms with Crippen LogP contribution in [-0.4, -0.2) is 23.1 Å². The smallest absolute Gasteiger partial charge is 0.229 e. The molecule has 9 heavy (non-hydrogen) atoms. The maximum atomic E-state index is 9.80. The summed E-state index contributed by atoms with van der Waals surface area (Å²) >= 11 is 2.86. The fourth-order valence-electron chi connectivity index (χ4n) is 0.548. The maximum Gasteiger partial charge on any atom is 0.229 e. The molecule has 0 bridgehead atoms. The molecule has 0 aliphatic carbocycles. The lowest BCUT2D eigenvalue weighted by Crippen LogP contribution is -2.27. The lowest BCUT2D eigenvalue weighted by atomic mass is 10.7. The zero-order chi connectivity index (χ0) is 6.69. The van der Waals surface area contributed by atoms with E-state index in [-0.39, 0.29) is 0 Å². The third kappa shape index (κ3) is 1.38. The van der Waals surface area contributed by atoms with Gasteiger partial charge in [0.25, 0.3) is 0 Å². The lowest BCUT2D eigenvalue weighted by molar-refractivity contribution is 0.720. The molecule has 50 valence electrons. The monoisotopic (exact) mass is 192 g/mol. The molecule has 0 radical (unpaired) electrons. The van der Waals surface area contributed by atoms with Crippen LogP contribution in [-0.2, 0) is 0 Å². The average Bonchev–Trinajstić information content (AvgIpc) is 2.37. The van der Waals surface area contributed by atoms with Crippen LogP contribution in [0.1, 0.15) is 0 Å². The summed E-state index contributed by atoms with van der Waals surface area (Å²) in [6.07, 6.45) is 0. The zero-order valence-electron chi connectivity index (χ0n) is 4.54. The van der Waals surface area contributed by atoms with Crippen LogP contribution in [0.25, 0.3) is 0 Å². The largest absolute Gasteiger partial charge is 0.352 e. The molecular formula is C3H5BrN4O. The first-order valence-corrected chi connectivity index (χ1v) is 3.13. The quantitative estimate of drug-likeness (QED) is 0.368. The number of rotatable bonds is 1. The number of nitroso groups, excluding NO2 is 1. The molecule has 1 heterocycles. The van der Waals surface area contributed by atoms with Crippen molar-refractivity contribution in [3.8, 4) is 0 Å². The molecule has 0 saturated carbocycles. The number of halogens is 1. The Morgan fingerprint density at radius 3 is 3.11 bits per heavy atom. The van der Waals surface area contributed by atoms with E-state index in [2.05, 4.69) is 31.7 Å². The van der Waals surface area contributed by atoms with Crippen LogP contribution in [0, 0.1) is 4.91 Å². The highest BCUT2D eigenvalue weighted by molar-refractivity contribution is 9.07. The predicted molar refractivity (Wildman–Crippen MR) is 36.9 cm³/mol. The number of guanidine groups is 1. The van der Waals surface area contributed by atoms with Crippen LogP contribution in [0.3, 0.4) is 0 Å². The van der Waals surface area contributed by atoms with Crippen LogP contribution in [0.15, 0.2) is 10.3 Å². The Bertz CT molecular complexity index is 147. The molecule has 0 saturated heterocycles. The van der Waals surface area contributed by atoms with Crippen LogP contribution >= 0.6 is 16.1 Å². The van der Waals surface area contributed by atoms with Gasteiger partial charge in [0.15, 0.2) is 0 Å². The van der Waals surface area contributed by atoms with Gasteiger partial charge in [0.2, 0.25) is 5.96 Å². The van der Waals surface area contributed by atoms with Crippen molar-refractivity contribution in [1.82, 2.24) is 9.35 Å². The van der Waals surface area contributed by atoms with E-state index in [1.54, 1.807) is 0 Å². The fraction of sp³-hybridized carbons (Fsp3) is 0.667. The molecule has 1 N–H and O–H groups in total. The average molecular weight is 193 g/mol. The number of aliphatic imine (C=N–C) groups is 1. The minimum Gasteiger partial charge on any atom is -0.352 e. The minimum atomic E-state index is 0.477. The topological polar surface area (TPSA) is 57.1 Å². The SMILES string of the molecule is O=NN(Br)C1=NCCN1.